The minimum Gasteiger partial charge on any atom is -0.331 e. The van der Waals surface area contributed by atoms with Crippen molar-refractivity contribution in [2.24, 2.45) is 7.05 Å². The van der Waals surface area contributed by atoms with Gasteiger partial charge in [-0.3, -0.25) is 0 Å². The monoisotopic (exact) mass is 266 g/mol. The third kappa shape index (κ3) is 2.23. The molecular formula is C12H15BrN2. The second-order valence-corrected chi connectivity index (χ2v) is 4.51. The normalized spacial score (nSPS) is 11.1. The first-order valence-corrected chi connectivity index (χ1v) is 6.41. The fraction of sp³-hybridized carbons (Fsp3) is 0.417. The first kappa shape index (κ1) is 10.7. The molecule has 0 amide bonds. The molecule has 2 rings (SSSR count). The van der Waals surface area contributed by atoms with E-state index < -0.39 is 0 Å². The summed E-state index contributed by atoms with van der Waals surface area (Å²) in [6.45, 7) is 0. The van der Waals surface area contributed by atoms with E-state index in [1.54, 1.807) is 0 Å². The molecule has 0 unspecified atom stereocenters. The molecule has 0 saturated heterocycles. The van der Waals surface area contributed by atoms with Crippen LogP contribution in [-0.2, 0) is 13.5 Å². The van der Waals surface area contributed by atoms with E-state index in [4.69, 9.17) is 0 Å². The SMILES string of the molecule is Cn1c(CCCCBr)nc2ccccc21. The van der Waals surface area contributed by atoms with Crippen LogP contribution in [0.2, 0.25) is 0 Å². The van der Waals surface area contributed by atoms with Crippen LogP contribution >= 0.6 is 15.9 Å². The topological polar surface area (TPSA) is 17.8 Å². The first-order chi connectivity index (χ1) is 7.33. The third-order valence-corrected chi connectivity index (χ3v) is 3.22. The number of para-hydroxylation sites is 2. The molecule has 0 atom stereocenters. The minimum absolute atomic E-state index is 1.07. The van der Waals surface area contributed by atoms with Crippen LogP contribution in [-0.4, -0.2) is 14.9 Å². The molecule has 0 fully saturated rings. The number of fused-ring (bicyclic) bond motifs is 1. The van der Waals surface area contributed by atoms with Gasteiger partial charge in [-0.15, -0.1) is 0 Å². The summed E-state index contributed by atoms with van der Waals surface area (Å²) < 4.78 is 2.20. The fourth-order valence-electron chi connectivity index (χ4n) is 1.80. The molecule has 0 bridgehead atoms. The Balaban J connectivity index is 2.24. The lowest BCUT2D eigenvalue weighted by Crippen LogP contribution is -1.97. The summed E-state index contributed by atoms with van der Waals surface area (Å²) in [4.78, 5) is 4.63. The van der Waals surface area contributed by atoms with E-state index in [2.05, 4.69) is 50.7 Å². The molecule has 0 spiro atoms. The van der Waals surface area contributed by atoms with Gasteiger partial charge < -0.3 is 4.57 Å². The molecule has 2 nitrogen and oxygen atoms in total. The standard InChI is InChI=1S/C12H15BrN2/c1-15-11-7-3-2-6-10(11)14-12(15)8-4-5-9-13/h2-3,6-7H,4-5,8-9H2,1H3. The van der Waals surface area contributed by atoms with Gasteiger partial charge in [-0.05, 0) is 25.0 Å². The Morgan fingerprint density at radius 2 is 2.07 bits per heavy atom. The van der Waals surface area contributed by atoms with Crippen molar-refractivity contribution in [1.29, 1.82) is 0 Å². The van der Waals surface area contributed by atoms with Crippen LogP contribution in [0.5, 0.6) is 0 Å². The van der Waals surface area contributed by atoms with Gasteiger partial charge in [0.15, 0.2) is 0 Å². The summed E-state index contributed by atoms with van der Waals surface area (Å²) in [6, 6.07) is 8.30. The summed E-state index contributed by atoms with van der Waals surface area (Å²) in [5.41, 5.74) is 2.33. The number of halogens is 1. The second kappa shape index (κ2) is 4.79. The molecule has 0 radical (unpaired) electrons. The average Bonchev–Trinajstić information content (AvgIpc) is 2.57. The number of alkyl halides is 1. The number of unbranched alkanes of at least 4 members (excludes halogenated alkanes) is 1. The van der Waals surface area contributed by atoms with E-state index >= 15 is 0 Å². The van der Waals surface area contributed by atoms with Crippen molar-refractivity contribution in [2.45, 2.75) is 19.3 Å². The number of nitrogens with zero attached hydrogens (tertiary/aromatic N) is 2. The maximum absolute atomic E-state index is 4.63. The number of aryl methyl sites for hydroxylation is 2. The number of hydrogen-bond donors (Lipinski definition) is 0. The zero-order valence-electron chi connectivity index (χ0n) is 8.91. The number of rotatable bonds is 4. The van der Waals surface area contributed by atoms with E-state index in [0.717, 1.165) is 17.3 Å². The van der Waals surface area contributed by atoms with Crippen LogP contribution in [0.1, 0.15) is 18.7 Å². The maximum Gasteiger partial charge on any atom is 0.109 e. The highest BCUT2D eigenvalue weighted by Crippen LogP contribution is 2.15. The number of imidazole rings is 1. The molecule has 0 aliphatic carbocycles. The van der Waals surface area contributed by atoms with Gasteiger partial charge >= 0.3 is 0 Å². The van der Waals surface area contributed by atoms with E-state index in [1.165, 1.54) is 24.2 Å². The summed E-state index contributed by atoms with van der Waals surface area (Å²) in [5.74, 6) is 1.19. The van der Waals surface area contributed by atoms with Crippen LogP contribution in [0.15, 0.2) is 24.3 Å². The van der Waals surface area contributed by atoms with Crippen molar-refractivity contribution in [1.82, 2.24) is 9.55 Å². The van der Waals surface area contributed by atoms with Crippen molar-refractivity contribution in [3.05, 3.63) is 30.1 Å². The van der Waals surface area contributed by atoms with Gasteiger partial charge in [0, 0.05) is 18.8 Å². The van der Waals surface area contributed by atoms with E-state index in [9.17, 15) is 0 Å². The Labute approximate surface area is 98.4 Å². The zero-order valence-corrected chi connectivity index (χ0v) is 10.5. The number of hydrogen-bond acceptors (Lipinski definition) is 1. The lowest BCUT2D eigenvalue weighted by atomic mass is 10.2. The first-order valence-electron chi connectivity index (χ1n) is 5.29. The maximum atomic E-state index is 4.63. The molecule has 3 heteroatoms. The lowest BCUT2D eigenvalue weighted by Gasteiger charge is -2.00. The highest BCUT2D eigenvalue weighted by molar-refractivity contribution is 9.09. The molecule has 1 aromatic carbocycles. The molecule has 0 N–H and O–H groups in total. The molecule has 80 valence electrons. The molecule has 0 aliphatic heterocycles. The Kier molecular flexibility index (Phi) is 3.41. The molecule has 15 heavy (non-hydrogen) atoms. The van der Waals surface area contributed by atoms with Gasteiger partial charge in [0.2, 0.25) is 0 Å². The summed E-state index contributed by atoms with van der Waals surface area (Å²) in [6.07, 6.45) is 3.47. The van der Waals surface area contributed by atoms with Crippen molar-refractivity contribution >= 4 is 27.0 Å². The Hall–Kier alpha value is -0.830. The van der Waals surface area contributed by atoms with Crippen LogP contribution in [0.4, 0.5) is 0 Å². The molecule has 0 aliphatic rings. The Bertz CT molecular complexity index is 448. The predicted molar refractivity (Wildman–Crippen MR) is 67.4 cm³/mol. The highest BCUT2D eigenvalue weighted by Gasteiger charge is 2.05. The lowest BCUT2D eigenvalue weighted by molar-refractivity contribution is 0.725. The largest absolute Gasteiger partial charge is 0.331 e. The average molecular weight is 267 g/mol. The van der Waals surface area contributed by atoms with Gasteiger partial charge in [-0.25, -0.2) is 4.98 Å². The highest BCUT2D eigenvalue weighted by atomic mass is 79.9. The Morgan fingerprint density at radius 1 is 1.27 bits per heavy atom. The van der Waals surface area contributed by atoms with E-state index in [0.29, 0.717) is 0 Å². The fourth-order valence-corrected chi connectivity index (χ4v) is 2.19. The molecule has 0 saturated carbocycles. The van der Waals surface area contributed by atoms with Crippen LogP contribution in [0, 0.1) is 0 Å². The quantitative estimate of drug-likeness (QED) is 0.614. The number of benzene rings is 1. The third-order valence-electron chi connectivity index (χ3n) is 2.66. The van der Waals surface area contributed by atoms with Crippen molar-refractivity contribution in [3.63, 3.8) is 0 Å². The molecule has 1 heterocycles. The van der Waals surface area contributed by atoms with Crippen molar-refractivity contribution in [2.75, 3.05) is 5.33 Å². The summed E-state index contributed by atoms with van der Waals surface area (Å²) in [5, 5.41) is 1.08. The Morgan fingerprint density at radius 3 is 2.80 bits per heavy atom. The van der Waals surface area contributed by atoms with Gasteiger partial charge in [0.25, 0.3) is 0 Å². The van der Waals surface area contributed by atoms with Gasteiger partial charge in [0.05, 0.1) is 11.0 Å². The predicted octanol–water partition coefficient (Wildman–Crippen LogP) is 3.29. The van der Waals surface area contributed by atoms with E-state index in [-0.39, 0.29) is 0 Å². The molecular weight excluding hydrogens is 252 g/mol. The smallest absolute Gasteiger partial charge is 0.109 e. The summed E-state index contributed by atoms with van der Waals surface area (Å²) >= 11 is 3.45. The summed E-state index contributed by atoms with van der Waals surface area (Å²) in [7, 11) is 2.10. The van der Waals surface area contributed by atoms with E-state index in [1.807, 2.05) is 6.07 Å². The van der Waals surface area contributed by atoms with Crippen LogP contribution < -0.4 is 0 Å². The van der Waals surface area contributed by atoms with Gasteiger partial charge in [0.1, 0.15) is 5.82 Å². The van der Waals surface area contributed by atoms with Crippen molar-refractivity contribution < 1.29 is 0 Å². The molecule has 1 aromatic heterocycles. The van der Waals surface area contributed by atoms with Gasteiger partial charge in [-0.2, -0.15) is 0 Å². The minimum atomic E-state index is 1.07. The molecule has 2 aromatic rings. The number of aromatic nitrogens is 2. The van der Waals surface area contributed by atoms with Crippen LogP contribution in [0.3, 0.4) is 0 Å². The van der Waals surface area contributed by atoms with Gasteiger partial charge in [-0.1, -0.05) is 28.1 Å². The van der Waals surface area contributed by atoms with Crippen LogP contribution in [0.25, 0.3) is 11.0 Å². The van der Waals surface area contributed by atoms with Crippen molar-refractivity contribution in [3.8, 4) is 0 Å². The second-order valence-electron chi connectivity index (χ2n) is 3.72. The zero-order chi connectivity index (χ0) is 10.7.